The van der Waals surface area contributed by atoms with Gasteiger partial charge in [-0.3, -0.25) is 10.1 Å². The number of fused-ring (bicyclic) bond motifs is 2. The third-order valence-corrected chi connectivity index (χ3v) is 30.0. The van der Waals surface area contributed by atoms with Crippen LogP contribution in [0.15, 0.2) is 501 Å². The number of hydrogen-bond donors (Lipinski definition) is 0. The molecule has 0 radical (unpaired) electrons. The van der Waals surface area contributed by atoms with Gasteiger partial charge < -0.3 is 9.47 Å². The van der Waals surface area contributed by atoms with E-state index in [0.29, 0.717) is 3.57 Å². The van der Waals surface area contributed by atoms with Crippen LogP contribution in [0.3, 0.4) is 0 Å². The third-order valence-electron chi connectivity index (χ3n) is 17.6. The Labute approximate surface area is 1050 Å². The summed E-state index contributed by atoms with van der Waals surface area (Å²) in [5.74, 6) is 1.42. The number of nitro groups is 1. The fourth-order valence-electron chi connectivity index (χ4n) is 10.2. The fourth-order valence-corrected chi connectivity index (χ4v) is 18.9. The maximum atomic E-state index is 12.1. The van der Waals surface area contributed by atoms with E-state index >= 15 is 0 Å². The summed E-state index contributed by atoms with van der Waals surface area (Å²) in [6.07, 6.45) is 0. The van der Waals surface area contributed by atoms with Crippen molar-refractivity contribution in [2.45, 2.75) is 48.5 Å². The van der Waals surface area contributed by atoms with Crippen LogP contribution < -0.4 is 9.47 Å². The van der Waals surface area contributed by atoms with Gasteiger partial charge in [-0.05, 0) is 509 Å². The van der Waals surface area contributed by atoms with Crippen LogP contribution in [-0.2, 0) is 0 Å². The Balaban J connectivity index is 0.000000394. The van der Waals surface area contributed by atoms with Crippen LogP contribution in [0.4, 0.5) is 14.5 Å². The smallest absolute Gasteiger partial charge is 0.282 e. The Morgan fingerprint density at radius 2 is 0.514 bits per heavy atom. The third kappa shape index (κ3) is 67.7. The van der Waals surface area contributed by atoms with E-state index in [0.717, 1.165) is 50.9 Å². The average molecular weight is 3510 g/mol. The Morgan fingerprint density at radius 1 is 0.229 bits per heavy atom. The van der Waals surface area contributed by atoms with Crippen molar-refractivity contribution in [1.29, 1.82) is 0 Å². The maximum Gasteiger partial charge on any atom is 0.282 e. The number of nitrogens with zero attached hydrogens (tertiary/aromatic N) is 1. The number of ether oxygens (including phenoxy) is 2. The minimum atomic E-state index is -0.387. The molecule has 748 valence electrons. The van der Waals surface area contributed by atoms with Crippen LogP contribution in [0.25, 0.3) is 21.5 Å². The van der Waals surface area contributed by atoms with Gasteiger partial charge in [0.05, 0.1) is 22.7 Å². The van der Waals surface area contributed by atoms with E-state index in [1.165, 1.54) is 120 Å². The number of hydrogen-bond acceptors (Lipinski definition) is 4. The molecule has 0 amide bonds. The molecule has 0 saturated heterocycles. The van der Waals surface area contributed by atoms with Gasteiger partial charge in [0, 0.05) is 74.9 Å². The van der Waals surface area contributed by atoms with Gasteiger partial charge in [0.1, 0.15) is 23.1 Å². The molecule has 0 unspecified atom stereocenters. The molecule has 0 fully saturated rings. The first-order valence-corrected chi connectivity index (χ1v) is 60.1. The highest BCUT2D eigenvalue weighted by Crippen LogP contribution is 2.26. The molecular weight excluding hydrogens is 3410 g/mol. The average Bonchev–Trinajstić information content (AvgIpc) is 0.842. The number of halogens is 20. The highest BCUT2D eigenvalue weighted by Gasteiger charge is 2.08. The molecule has 19 aromatic carbocycles. The van der Waals surface area contributed by atoms with Gasteiger partial charge in [-0.1, -0.05) is 402 Å². The Hall–Kier alpha value is -4.55. The van der Waals surface area contributed by atoms with Crippen LogP contribution in [-0.4, -0.2) is 19.1 Å². The van der Waals surface area contributed by atoms with Gasteiger partial charge in [-0.15, -0.1) is 0 Å². The first kappa shape index (κ1) is 134. The summed E-state index contributed by atoms with van der Waals surface area (Å²) >= 11 is 50.3. The molecular formula is C119H103Br9F2I9NO4. The quantitative estimate of drug-likeness (QED) is 0.100. The normalized spacial score (nSPS) is 9.34. The van der Waals surface area contributed by atoms with E-state index in [2.05, 4.69) is 585 Å². The lowest BCUT2D eigenvalue weighted by atomic mass is 10.1. The lowest BCUT2D eigenvalue weighted by molar-refractivity contribution is -0.385. The highest BCUT2D eigenvalue weighted by molar-refractivity contribution is 14.1. The summed E-state index contributed by atoms with van der Waals surface area (Å²) < 4.78 is 54.8. The van der Waals surface area contributed by atoms with Crippen LogP contribution in [0, 0.1) is 102 Å². The largest absolute Gasteiger partial charge is 0.497 e. The van der Waals surface area contributed by atoms with E-state index in [9.17, 15) is 18.9 Å². The molecule has 144 heavy (non-hydrogen) atoms. The van der Waals surface area contributed by atoms with Crippen molar-refractivity contribution in [3.05, 3.63) is 594 Å². The second-order valence-corrected chi connectivity index (χ2v) is 48.4. The number of para-hydroxylation sites is 1. The van der Waals surface area contributed by atoms with Crippen LogP contribution in [0.2, 0.25) is 0 Å². The summed E-state index contributed by atoms with van der Waals surface area (Å²) in [4.78, 5) is 9.84. The number of rotatable bonds is 3. The molecule has 0 atom stereocenters. The van der Waals surface area contributed by atoms with Gasteiger partial charge in [0.2, 0.25) is 0 Å². The maximum absolute atomic E-state index is 12.1. The van der Waals surface area contributed by atoms with E-state index < -0.39 is 0 Å². The predicted molar refractivity (Wildman–Crippen MR) is 721 cm³/mol. The van der Waals surface area contributed by atoms with Crippen molar-refractivity contribution in [2.75, 3.05) is 14.2 Å². The topological polar surface area (TPSA) is 61.6 Å². The summed E-state index contributed by atoms with van der Waals surface area (Å²) in [6.45, 7) is 14.6. The summed E-state index contributed by atoms with van der Waals surface area (Å²) in [5, 5.41) is 15.4. The van der Waals surface area contributed by atoms with Gasteiger partial charge in [-0.2, -0.15) is 0 Å². The van der Waals surface area contributed by atoms with Crippen molar-refractivity contribution in [1.82, 2.24) is 0 Å². The van der Waals surface area contributed by atoms with Crippen molar-refractivity contribution in [2.24, 2.45) is 0 Å². The van der Waals surface area contributed by atoms with Crippen molar-refractivity contribution < 1.29 is 23.2 Å². The minimum absolute atomic E-state index is 0.170. The SMILES string of the molecule is Brc1cccc(I)c1.Brc1cccc(I)c1.Brc1cccc2ccccc12.Brc1ccccc1.COc1ccc(Br)cc1.COc1ccc(I)cc1.Cc1ccc(Br)cc1.Cc1ccc(C)cc1.Cc1cccc(Br)c1.Cc1cccc(I)c1.Cc1ccccc1Br.Cc1ccccc1I.Fc1ccc(Br)cc1.Fc1ccc(I)cc1.Ic1cccc2ccccc12.Ic1ccccc1.O=[N+]([O-])c1ccccc1I. The lowest BCUT2D eigenvalue weighted by Crippen LogP contribution is -1.89. The molecule has 0 bridgehead atoms. The van der Waals surface area contributed by atoms with Gasteiger partial charge in [0.25, 0.3) is 5.69 Å². The number of aryl methyl sites for hydroxylation is 7. The molecule has 0 heterocycles. The Kier molecular flexibility index (Phi) is 76.2. The summed E-state index contributed by atoms with van der Waals surface area (Å²) in [7, 11) is 3.32. The standard InChI is InChI=1S/C10H7Br.C10H7I.C8H10.C7H7BrO.3C7H7Br.C7H7IO.2C7H7I.C6H4BrF.2C6H4BrI.C6H5Br.C6H4FI.C6H4INO2.C6H5I/c2*11-10-7-3-5-8-4-1-2-6-9(8)10;1-7-3-5-8(2)6-4-7;1-9-7-4-2-6(8)3-5-7;1-6-2-4-7(8)5-3-6;1-6-3-2-4-7(8)5-6;1-6-4-2-3-5-7(6)8;1-9-7-4-2-6(8)3-5-7;1-6-3-2-4-7(8)5-6;1-6-4-2-3-5-7(6)8;7-5-1-3-6(8)4-2-5;2*7-5-2-1-3-6(8)4-5;7-6-4-2-1-3-5-6;7-5-1-3-6(8)4-2-5;7-5-3-1-2-4-6(5)8(9)10;7-6-4-2-1-3-5-6/h2*1-7H;3-6H,1-2H3;2-5H,1H3;3*2-5H,1H3;2-5H,1H3;2*2-5H,1H3;3*1-4H;1-5H;1-4H;1-4H;1-5H. The van der Waals surface area contributed by atoms with Gasteiger partial charge in [0.15, 0.2) is 0 Å². The summed E-state index contributed by atoms with van der Waals surface area (Å²) in [6, 6.07) is 150. The number of methoxy groups -OCH3 is 2. The first-order chi connectivity index (χ1) is 68.8. The van der Waals surface area contributed by atoms with Gasteiger partial charge in [-0.25, -0.2) is 8.78 Å². The van der Waals surface area contributed by atoms with Crippen LogP contribution in [0.1, 0.15) is 38.9 Å². The van der Waals surface area contributed by atoms with E-state index in [4.69, 9.17) is 9.47 Å². The molecule has 0 N–H and O–H groups in total. The second kappa shape index (κ2) is 82.1. The molecule has 0 aliphatic heterocycles. The van der Waals surface area contributed by atoms with Crippen molar-refractivity contribution in [3.63, 3.8) is 0 Å². The highest BCUT2D eigenvalue weighted by atomic mass is 127. The predicted octanol–water partition coefficient (Wildman–Crippen LogP) is 45.6. The fraction of sp³-hybridized carbons (Fsp3) is 0.0756. The molecule has 0 aliphatic rings. The molecule has 25 heteroatoms. The van der Waals surface area contributed by atoms with E-state index in [-0.39, 0.29) is 22.2 Å². The van der Waals surface area contributed by atoms with Crippen LogP contribution >= 0.6 is 347 Å². The molecule has 0 aromatic heterocycles. The summed E-state index contributed by atoms with van der Waals surface area (Å²) in [5.41, 5.74) is 9.39. The van der Waals surface area contributed by atoms with E-state index in [1.807, 2.05) is 199 Å². The van der Waals surface area contributed by atoms with Crippen molar-refractivity contribution >= 4 is 374 Å². The molecule has 0 aliphatic carbocycles. The number of nitro benzene ring substituents is 1. The Morgan fingerprint density at radius 3 is 0.819 bits per heavy atom. The molecule has 0 saturated carbocycles. The van der Waals surface area contributed by atoms with Gasteiger partial charge >= 0.3 is 0 Å². The second-order valence-electron chi connectivity index (χ2n) is 29.3. The lowest BCUT2D eigenvalue weighted by Gasteiger charge is -1.97. The molecule has 19 rings (SSSR count). The zero-order valence-corrected chi connectivity index (χ0v) is 113. The first-order valence-electron chi connectivity index (χ1n) is 43.3. The minimum Gasteiger partial charge on any atom is -0.497 e. The number of benzene rings is 19. The van der Waals surface area contributed by atoms with E-state index in [1.54, 1.807) is 56.7 Å². The van der Waals surface area contributed by atoms with Crippen molar-refractivity contribution in [3.8, 4) is 11.5 Å². The molecule has 5 nitrogen and oxygen atoms in total. The Bertz CT molecular complexity index is 5970. The molecule has 19 aromatic rings. The zero-order chi connectivity index (χ0) is 106. The zero-order valence-electron chi connectivity index (χ0n) is 79.5. The monoisotopic (exact) mass is 3500 g/mol. The molecule has 0 spiro atoms. The van der Waals surface area contributed by atoms with Crippen LogP contribution in [0.5, 0.6) is 11.5 Å².